The number of anilines is 3. The zero-order valence-corrected chi connectivity index (χ0v) is 14.5. The second kappa shape index (κ2) is 6.51. The lowest BCUT2D eigenvalue weighted by atomic mass is 10.3. The van der Waals surface area contributed by atoms with Crippen molar-refractivity contribution in [3.05, 3.63) is 36.2 Å². The summed E-state index contributed by atoms with van der Waals surface area (Å²) in [7, 11) is 3.34. The van der Waals surface area contributed by atoms with Crippen molar-refractivity contribution in [1.82, 2.24) is 24.9 Å². The van der Waals surface area contributed by atoms with Gasteiger partial charge in [-0.2, -0.15) is 9.61 Å². The lowest BCUT2D eigenvalue weighted by Crippen LogP contribution is -2.25. The summed E-state index contributed by atoms with van der Waals surface area (Å²) in [6.07, 6.45) is 5.23. The molecule has 0 spiro atoms. The standard InChI is InChI=1S/C17H19N7O2/c1-18-14-8-13(22-12-4-3-7-19-17(12)26-2)23-15-11(9-20-24(14)15)16(25)21-10-5-6-10/h3-4,7-10,18H,5-6H2,1-2H3,(H,21,25)(H,22,23). The molecule has 1 fully saturated rings. The Hall–Kier alpha value is -3.36. The number of hydrogen-bond donors (Lipinski definition) is 3. The summed E-state index contributed by atoms with van der Waals surface area (Å²) in [6.45, 7) is 0. The molecule has 1 amide bonds. The van der Waals surface area contributed by atoms with E-state index >= 15 is 0 Å². The predicted octanol–water partition coefficient (Wildman–Crippen LogP) is 1.81. The Bertz CT molecular complexity index is 965. The van der Waals surface area contributed by atoms with Gasteiger partial charge in [0.05, 0.1) is 13.3 Å². The fourth-order valence-corrected chi connectivity index (χ4v) is 2.64. The van der Waals surface area contributed by atoms with E-state index in [4.69, 9.17) is 4.74 Å². The van der Waals surface area contributed by atoms with Crippen LogP contribution in [0.5, 0.6) is 5.88 Å². The van der Waals surface area contributed by atoms with Crippen LogP contribution in [-0.4, -0.2) is 45.7 Å². The number of carbonyl (C=O) groups excluding carboxylic acids is 1. The van der Waals surface area contributed by atoms with Crippen LogP contribution < -0.4 is 20.7 Å². The topological polar surface area (TPSA) is 105 Å². The minimum Gasteiger partial charge on any atom is -0.480 e. The van der Waals surface area contributed by atoms with Gasteiger partial charge in [0.2, 0.25) is 5.88 Å². The van der Waals surface area contributed by atoms with E-state index in [0.29, 0.717) is 34.4 Å². The Labute approximate surface area is 149 Å². The maximum atomic E-state index is 12.5. The van der Waals surface area contributed by atoms with E-state index in [2.05, 4.69) is 31.0 Å². The number of nitrogens with zero attached hydrogens (tertiary/aromatic N) is 4. The van der Waals surface area contributed by atoms with Crippen LogP contribution in [0.25, 0.3) is 5.65 Å². The summed E-state index contributed by atoms with van der Waals surface area (Å²) in [6, 6.07) is 5.71. The molecule has 0 aliphatic heterocycles. The van der Waals surface area contributed by atoms with E-state index in [1.807, 2.05) is 6.07 Å². The lowest BCUT2D eigenvalue weighted by Gasteiger charge is -2.12. The summed E-state index contributed by atoms with van der Waals surface area (Å²) in [5.41, 5.74) is 1.59. The normalized spacial score (nSPS) is 13.5. The number of nitrogens with one attached hydrogen (secondary N) is 3. The Morgan fingerprint density at radius 3 is 2.96 bits per heavy atom. The van der Waals surface area contributed by atoms with Crippen molar-refractivity contribution >= 4 is 28.9 Å². The highest BCUT2D eigenvalue weighted by Crippen LogP contribution is 2.27. The minimum atomic E-state index is -0.159. The Kier molecular flexibility index (Phi) is 4.04. The van der Waals surface area contributed by atoms with Crippen LogP contribution in [0, 0.1) is 0 Å². The third kappa shape index (κ3) is 2.99. The molecule has 3 N–H and O–H groups in total. The molecule has 1 aliphatic carbocycles. The van der Waals surface area contributed by atoms with Gasteiger partial charge in [-0.25, -0.2) is 9.97 Å². The second-order valence-corrected chi connectivity index (χ2v) is 6.00. The van der Waals surface area contributed by atoms with Gasteiger partial charge in [0, 0.05) is 25.4 Å². The van der Waals surface area contributed by atoms with E-state index in [1.165, 1.54) is 6.20 Å². The van der Waals surface area contributed by atoms with E-state index in [0.717, 1.165) is 12.8 Å². The summed E-state index contributed by atoms with van der Waals surface area (Å²) < 4.78 is 6.87. The van der Waals surface area contributed by atoms with Gasteiger partial charge < -0.3 is 20.7 Å². The predicted molar refractivity (Wildman–Crippen MR) is 97.1 cm³/mol. The van der Waals surface area contributed by atoms with Gasteiger partial charge in [-0.1, -0.05) is 0 Å². The quantitative estimate of drug-likeness (QED) is 0.620. The van der Waals surface area contributed by atoms with Crippen molar-refractivity contribution in [2.45, 2.75) is 18.9 Å². The van der Waals surface area contributed by atoms with Crippen molar-refractivity contribution in [1.29, 1.82) is 0 Å². The first kappa shape index (κ1) is 16.1. The van der Waals surface area contributed by atoms with Gasteiger partial charge in [-0.15, -0.1) is 0 Å². The maximum Gasteiger partial charge on any atom is 0.256 e. The smallest absolute Gasteiger partial charge is 0.256 e. The number of aromatic nitrogens is 4. The van der Waals surface area contributed by atoms with Crippen molar-refractivity contribution in [2.75, 3.05) is 24.8 Å². The summed E-state index contributed by atoms with van der Waals surface area (Å²) in [5, 5.41) is 13.5. The van der Waals surface area contributed by atoms with Crippen molar-refractivity contribution in [3.63, 3.8) is 0 Å². The zero-order valence-electron chi connectivity index (χ0n) is 14.5. The fourth-order valence-electron chi connectivity index (χ4n) is 2.64. The van der Waals surface area contributed by atoms with Crippen molar-refractivity contribution in [3.8, 4) is 5.88 Å². The number of hydrogen-bond acceptors (Lipinski definition) is 7. The number of fused-ring (bicyclic) bond motifs is 1. The minimum absolute atomic E-state index is 0.159. The van der Waals surface area contributed by atoms with Crippen LogP contribution in [0.15, 0.2) is 30.6 Å². The van der Waals surface area contributed by atoms with Crippen molar-refractivity contribution in [2.24, 2.45) is 0 Å². The molecule has 4 rings (SSSR count). The van der Waals surface area contributed by atoms with E-state index < -0.39 is 0 Å². The number of carbonyl (C=O) groups is 1. The van der Waals surface area contributed by atoms with Crippen LogP contribution in [0.1, 0.15) is 23.2 Å². The number of methoxy groups -OCH3 is 1. The molecule has 134 valence electrons. The monoisotopic (exact) mass is 353 g/mol. The average Bonchev–Trinajstić information content (AvgIpc) is 3.37. The molecule has 0 bridgehead atoms. The highest BCUT2D eigenvalue weighted by molar-refractivity contribution is 6.00. The Morgan fingerprint density at radius 1 is 1.38 bits per heavy atom. The highest BCUT2D eigenvalue weighted by Gasteiger charge is 2.26. The molecule has 1 aliphatic rings. The van der Waals surface area contributed by atoms with E-state index in [-0.39, 0.29) is 11.9 Å². The number of amides is 1. The molecule has 0 saturated heterocycles. The first-order chi connectivity index (χ1) is 12.7. The third-order valence-electron chi connectivity index (χ3n) is 4.11. The number of ether oxygens (including phenoxy) is 1. The molecule has 0 atom stereocenters. The molecule has 3 aromatic heterocycles. The van der Waals surface area contributed by atoms with Crippen LogP contribution in [0.2, 0.25) is 0 Å². The van der Waals surface area contributed by atoms with Gasteiger partial charge >= 0.3 is 0 Å². The third-order valence-corrected chi connectivity index (χ3v) is 4.11. The molecule has 26 heavy (non-hydrogen) atoms. The first-order valence-electron chi connectivity index (χ1n) is 8.33. The SMILES string of the molecule is CNc1cc(Nc2cccnc2OC)nc2c(C(=O)NC3CC3)cnn12. The van der Waals surface area contributed by atoms with E-state index in [1.54, 1.807) is 37.0 Å². The first-order valence-corrected chi connectivity index (χ1v) is 8.33. The van der Waals surface area contributed by atoms with E-state index in [9.17, 15) is 4.79 Å². The van der Waals surface area contributed by atoms with Gasteiger partial charge in [-0.3, -0.25) is 4.79 Å². The molecule has 0 radical (unpaired) electrons. The van der Waals surface area contributed by atoms with Crippen LogP contribution in [-0.2, 0) is 0 Å². The molecule has 3 aromatic rings. The van der Waals surface area contributed by atoms with Crippen LogP contribution in [0.3, 0.4) is 0 Å². The van der Waals surface area contributed by atoms with Gasteiger partial charge in [0.1, 0.15) is 22.9 Å². The molecule has 0 aromatic carbocycles. The average molecular weight is 353 g/mol. The van der Waals surface area contributed by atoms with Gasteiger partial charge in [0.25, 0.3) is 5.91 Å². The van der Waals surface area contributed by atoms with Crippen molar-refractivity contribution < 1.29 is 9.53 Å². The summed E-state index contributed by atoms with van der Waals surface area (Å²) in [4.78, 5) is 21.2. The zero-order chi connectivity index (χ0) is 18.1. The molecule has 3 heterocycles. The van der Waals surface area contributed by atoms with Gasteiger partial charge in [-0.05, 0) is 25.0 Å². The Morgan fingerprint density at radius 2 is 2.23 bits per heavy atom. The molecule has 1 saturated carbocycles. The van der Waals surface area contributed by atoms with Crippen LogP contribution >= 0.6 is 0 Å². The number of rotatable bonds is 6. The van der Waals surface area contributed by atoms with Gasteiger partial charge in [0.15, 0.2) is 5.65 Å². The number of pyridine rings is 1. The largest absolute Gasteiger partial charge is 0.480 e. The highest BCUT2D eigenvalue weighted by atomic mass is 16.5. The molecular formula is C17H19N7O2. The van der Waals surface area contributed by atoms with Crippen LogP contribution in [0.4, 0.5) is 17.3 Å². The maximum absolute atomic E-state index is 12.5. The second-order valence-electron chi connectivity index (χ2n) is 6.00. The molecule has 9 heteroatoms. The lowest BCUT2D eigenvalue weighted by molar-refractivity contribution is 0.0952. The summed E-state index contributed by atoms with van der Waals surface area (Å²) >= 11 is 0. The molecule has 0 unspecified atom stereocenters. The molecular weight excluding hydrogens is 334 g/mol. The Balaban J connectivity index is 1.74. The summed E-state index contributed by atoms with van der Waals surface area (Å²) in [5.74, 6) is 1.55. The molecule has 9 nitrogen and oxygen atoms in total. The fraction of sp³-hybridized carbons (Fsp3) is 0.294.